The van der Waals surface area contributed by atoms with Crippen LogP contribution in [0, 0.1) is 0 Å². The first-order valence-electron chi connectivity index (χ1n) is 8.64. The van der Waals surface area contributed by atoms with Crippen LogP contribution in [0.5, 0.6) is 0 Å². The third kappa shape index (κ3) is 3.83. The molecular weight excluding hydrogens is 403 g/mol. The molecule has 6 nitrogen and oxygen atoms in total. The Morgan fingerprint density at radius 3 is 2.55 bits per heavy atom. The van der Waals surface area contributed by atoms with Crippen LogP contribution in [0.3, 0.4) is 0 Å². The van der Waals surface area contributed by atoms with E-state index < -0.39 is 23.6 Å². The predicted molar refractivity (Wildman–Crippen MR) is 103 cm³/mol. The molecule has 0 saturated heterocycles. The van der Waals surface area contributed by atoms with Crippen LogP contribution in [0.15, 0.2) is 47.8 Å². The van der Waals surface area contributed by atoms with Gasteiger partial charge in [0.2, 0.25) is 5.82 Å². The van der Waals surface area contributed by atoms with Crippen LogP contribution in [-0.4, -0.2) is 25.5 Å². The first kappa shape index (κ1) is 19.1. The zero-order chi connectivity index (χ0) is 20.6. The molecule has 4 rings (SSSR count). The van der Waals surface area contributed by atoms with Crippen LogP contribution in [0.1, 0.15) is 28.8 Å². The molecule has 29 heavy (non-hydrogen) atoms. The fourth-order valence-electron chi connectivity index (χ4n) is 2.73. The van der Waals surface area contributed by atoms with Crippen molar-refractivity contribution in [3.05, 3.63) is 64.9 Å². The third-order valence-corrected chi connectivity index (χ3v) is 5.09. The number of carbonyl (C=O) groups is 1. The molecule has 0 aliphatic heterocycles. The fourth-order valence-corrected chi connectivity index (χ4v) is 3.41. The first-order chi connectivity index (χ1) is 13.8. The van der Waals surface area contributed by atoms with Gasteiger partial charge in [0.1, 0.15) is 0 Å². The van der Waals surface area contributed by atoms with E-state index in [4.69, 9.17) is 0 Å². The van der Waals surface area contributed by atoms with Gasteiger partial charge in [0.05, 0.1) is 10.6 Å². The molecule has 0 saturated carbocycles. The standard InChI is InChI=1S/C19H14F3N5OS/c1-2-11-5-7-12(8-6-11)23-17(28)16-25-18-24-13(14-4-3-9-29-14)10-15(19(20,21)22)27(18)26-16/h3-10H,2H2,1H3,(H,23,28). The van der Waals surface area contributed by atoms with Crippen LogP contribution in [-0.2, 0) is 12.6 Å². The Kier molecular flexibility index (Phi) is 4.79. The van der Waals surface area contributed by atoms with Crippen molar-refractivity contribution in [2.45, 2.75) is 19.5 Å². The summed E-state index contributed by atoms with van der Waals surface area (Å²) in [6.45, 7) is 2.00. The van der Waals surface area contributed by atoms with Gasteiger partial charge in [0.25, 0.3) is 11.7 Å². The van der Waals surface area contributed by atoms with Crippen molar-refractivity contribution in [3.63, 3.8) is 0 Å². The fraction of sp³-hybridized carbons (Fsp3) is 0.158. The summed E-state index contributed by atoms with van der Waals surface area (Å²) in [6, 6.07) is 11.4. The number of halogens is 3. The lowest BCUT2D eigenvalue weighted by Gasteiger charge is -2.09. The maximum absolute atomic E-state index is 13.6. The van der Waals surface area contributed by atoms with E-state index in [-0.39, 0.29) is 11.5 Å². The second-order valence-electron chi connectivity index (χ2n) is 6.15. The van der Waals surface area contributed by atoms with Gasteiger partial charge in [-0.1, -0.05) is 25.1 Å². The lowest BCUT2D eigenvalue weighted by Crippen LogP contribution is -2.16. The molecular formula is C19H14F3N5OS. The van der Waals surface area contributed by atoms with Gasteiger partial charge in [-0.15, -0.1) is 16.4 Å². The quantitative estimate of drug-likeness (QED) is 0.523. The Morgan fingerprint density at radius 2 is 1.93 bits per heavy atom. The lowest BCUT2D eigenvalue weighted by atomic mass is 10.1. The van der Waals surface area contributed by atoms with Crippen molar-refractivity contribution < 1.29 is 18.0 Å². The Balaban J connectivity index is 1.73. The molecule has 4 aromatic rings. The molecule has 1 N–H and O–H groups in total. The average molecular weight is 417 g/mol. The van der Waals surface area contributed by atoms with Crippen molar-refractivity contribution in [1.29, 1.82) is 0 Å². The van der Waals surface area contributed by atoms with E-state index in [0.29, 0.717) is 15.1 Å². The first-order valence-corrected chi connectivity index (χ1v) is 9.52. The molecule has 0 spiro atoms. The van der Waals surface area contributed by atoms with Crippen LogP contribution < -0.4 is 5.32 Å². The van der Waals surface area contributed by atoms with E-state index in [0.717, 1.165) is 18.1 Å². The highest BCUT2D eigenvalue weighted by Crippen LogP contribution is 2.33. The van der Waals surface area contributed by atoms with Gasteiger partial charge in [0, 0.05) is 5.69 Å². The summed E-state index contributed by atoms with van der Waals surface area (Å²) >= 11 is 1.26. The number of hydrogen-bond donors (Lipinski definition) is 1. The number of amides is 1. The van der Waals surface area contributed by atoms with Crippen LogP contribution in [0.2, 0.25) is 0 Å². The molecule has 0 unspecified atom stereocenters. The molecule has 3 aromatic heterocycles. The van der Waals surface area contributed by atoms with Crippen molar-refractivity contribution in [1.82, 2.24) is 19.6 Å². The number of hydrogen-bond acceptors (Lipinski definition) is 5. The van der Waals surface area contributed by atoms with Gasteiger partial charge in [-0.3, -0.25) is 4.79 Å². The highest BCUT2D eigenvalue weighted by atomic mass is 32.1. The number of carbonyl (C=O) groups excluding carboxylic acids is 1. The maximum atomic E-state index is 13.6. The number of benzene rings is 1. The average Bonchev–Trinajstić information content (AvgIpc) is 3.36. The maximum Gasteiger partial charge on any atom is 0.433 e. The van der Waals surface area contributed by atoms with Crippen molar-refractivity contribution >= 4 is 28.7 Å². The summed E-state index contributed by atoms with van der Waals surface area (Å²) in [7, 11) is 0. The number of aryl methyl sites for hydroxylation is 1. The number of nitrogens with zero attached hydrogens (tertiary/aromatic N) is 4. The molecule has 0 fully saturated rings. The second kappa shape index (κ2) is 7.28. The monoisotopic (exact) mass is 417 g/mol. The largest absolute Gasteiger partial charge is 0.433 e. The number of fused-ring (bicyclic) bond motifs is 1. The van der Waals surface area contributed by atoms with E-state index >= 15 is 0 Å². The number of anilines is 1. The van der Waals surface area contributed by atoms with Crippen molar-refractivity contribution in [2.24, 2.45) is 0 Å². The van der Waals surface area contributed by atoms with Crippen molar-refractivity contribution in [2.75, 3.05) is 5.32 Å². The summed E-state index contributed by atoms with van der Waals surface area (Å²) in [4.78, 5) is 21.1. The van der Waals surface area contributed by atoms with E-state index in [1.54, 1.807) is 29.6 Å². The minimum Gasteiger partial charge on any atom is -0.319 e. The topological polar surface area (TPSA) is 72.2 Å². The van der Waals surface area contributed by atoms with Gasteiger partial charge < -0.3 is 5.32 Å². The zero-order valence-electron chi connectivity index (χ0n) is 15.1. The summed E-state index contributed by atoms with van der Waals surface area (Å²) in [5, 5.41) is 8.07. The second-order valence-corrected chi connectivity index (χ2v) is 7.10. The molecule has 0 aliphatic carbocycles. The Labute approximate surface area is 167 Å². The Morgan fingerprint density at radius 1 is 1.17 bits per heavy atom. The summed E-state index contributed by atoms with van der Waals surface area (Å²) in [5.41, 5.74) is 0.655. The normalized spacial score (nSPS) is 11.7. The van der Waals surface area contributed by atoms with E-state index in [9.17, 15) is 18.0 Å². The van der Waals surface area contributed by atoms with Gasteiger partial charge in [0.15, 0.2) is 5.69 Å². The number of alkyl halides is 3. The minimum absolute atomic E-state index is 0.120. The molecule has 0 bridgehead atoms. The lowest BCUT2D eigenvalue weighted by molar-refractivity contribution is -0.142. The molecule has 0 aliphatic rings. The van der Waals surface area contributed by atoms with E-state index in [1.165, 1.54) is 11.3 Å². The van der Waals surface area contributed by atoms with Crippen LogP contribution >= 0.6 is 11.3 Å². The van der Waals surface area contributed by atoms with E-state index in [1.807, 2.05) is 19.1 Å². The Bertz CT molecular complexity index is 1170. The Hall–Kier alpha value is -3.27. The molecule has 148 valence electrons. The summed E-state index contributed by atoms with van der Waals surface area (Å²) < 4.78 is 41.2. The number of aromatic nitrogens is 4. The molecule has 0 atom stereocenters. The molecule has 1 amide bonds. The molecule has 10 heteroatoms. The summed E-state index contributed by atoms with van der Waals surface area (Å²) in [6.07, 6.45) is -3.84. The van der Waals surface area contributed by atoms with Crippen molar-refractivity contribution in [3.8, 4) is 10.6 Å². The smallest absolute Gasteiger partial charge is 0.319 e. The highest BCUT2D eigenvalue weighted by Gasteiger charge is 2.36. The molecule has 0 radical (unpaired) electrons. The molecule has 1 aromatic carbocycles. The predicted octanol–water partition coefficient (Wildman–Crippen LogP) is 4.69. The highest BCUT2D eigenvalue weighted by molar-refractivity contribution is 7.13. The van der Waals surface area contributed by atoms with Gasteiger partial charge in [-0.25, -0.2) is 4.98 Å². The minimum atomic E-state index is -4.69. The molecule has 3 heterocycles. The van der Waals surface area contributed by atoms with Crippen LogP contribution in [0.25, 0.3) is 16.3 Å². The van der Waals surface area contributed by atoms with Crippen LogP contribution in [0.4, 0.5) is 18.9 Å². The zero-order valence-corrected chi connectivity index (χ0v) is 15.9. The number of nitrogens with one attached hydrogen (secondary N) is 1. The summed E-state index contributed by atoms with van der Waals surface area (Å²) in [5.74, 6) is -1.41. The van der Waals surface area contributed by atoms with E-state index in [2.05, 4.69) is 20.4 Å². The van der Waals surface area contributed by atoms with Gasteiger partial charge >= 0.3 is 6.18 Å². The third-order valence-electron chi connectivity index (χ3n) is 4.20. The SMILES string of the molecule is CCc1ccc(NC(=O)c2nc3nc(-c4cccs4)cc(C(F)(F)F)n3n2)cc1. The van der Waals surface area contributed by atoms with Gasteiger partial charge in [-0.2, -0.15) is 22.7 Å². The van der Waals surface area contributed by atoms with Gasteiger partial charge in [-0.05, 0) is 41.6 Å². The number of thiophene rings is 1. The number of rotatable bonds is 4.